The lowest BCUT2D eigenvalue weighted by Gasteiger charge is -2.33. The quantitative estimate of drug-likeness (QED) is 0.706. The highest BCUT2D eigenvalue weighted by atomic mass is 32.2. The van der Waals surface area contributed by atoms with Gasteiger partial charge in [-0.3, -0.25) is 9.69 Å². The van der Waals surface area contributed by atoms with Crippen molar-refractivity contribution in [1.82, 2.24) is 14.3 Å². The van der Waals surface area contributed by atoms with E-state index in [1.807, 2.05) is 25.1 Å². The zero-order valence-electron chi connectivity index (χ0n) is 17.5. The molecule has 0 spiro atoms. The largest absolute Gasteiger partial charge is 0.296 e. The van der Waals surface area contributed by atoms with Gasteiger partial charge in [0.05, 0.1) is 18.7 Å². The summed E-state index contributed by atoms with van der Waals surface area (Å²) in [4.78, 5) is 23.8. The molecule has 3 heterocycles. The van der Waals surface area contributed by atoms with Crippen LogP contribution in [0.15, 0.2) is 30.3 Å². The molecule has 2 aromatic rings. The maximum atomic E-state index is 12.7. The number of anilines is 1. The molecule has 0 radical (unpaired) electrons. The van der Waals surface area contributed by atoms with Crippen molar-refractivity contribution >= 4 is 21.7 Å². The van der Waals surface area contributed by atoms with E-state index in [1.165, 1.54) is 16.1 Å². The number of benzene rings is 1. The number of rotatable bonds is 6. The topological polar surface area (TPSA) is 83.5 Å². The van der Waals surface area contributed by atoms with Crippen molar-refractivity contribution in [2.45, 2.75) is 51.5 Å². The summed E-state index contributed by atoms with van der Waals surface area (Å²) in [6, 6.07) is 9.86. The van der Waals surface area contributed by atoms with E-state index in [0.717, 1.165) is 36.9 Å². The van der Waals surface area contributed by atoms with E-state index >= 15 is 0 Å². The molecule has 1 aromatic heterocycles. The molecule has 30 heavy (non-hydrogen) atoms. The van der Waals surface area contributed by atoms with Crippen molar-refractivity contribution in [2.75, 3.05) is 24.2 Å². The number of aromatic nitrogens is 2. The molecular formula is C22H28N4O3S. The minimum atomic E-state index is -3.35. The molecule has 1 fully saturated rings. The SMILES string of the molecule is Cc1nc(C2CCCCN2S(C)(=O)=O)nc2c1CC(=O)N2CCCc1ccccc1. The first-order chi connectivity index (χ1) is 14.3. The van der Waals surface area contributed by atoms with E-state index in [0.29, 0.717) is 37.6 Å². The van der Waals surface area contributed by atoms with Gasteiger partial charge in [-0.05, 0) is 38.2 Å². The van der Waals surface area contributed by atoms with Crippen LogP contribution < -0.4 is 4.90 Å². The fourth-order valence-electron chi connectivity index (χ4n) is 4.42. The van der Waals surface area contributed by atoms with Gasteiger partial charge >= 0.3 is 0 Å². The number of aryl methyl sites for hydroxylation is 2. The third-order valence-corrected chi connectivity index (χ3v) is 7.25. The third-order valence-electron chi connectivity index (χ3n) is 5.96. The molecule has 2 aliphatic rings. The highest BCUT2D eigenvalue weighted by Crippen LogP contribution is 2.35. The van der Waals surface area contributed by atoms with Crippen LogP contribution in [0.4, 0.5) is 5.82 Å². The number of fused-ring (bicyclic) bond motifs is 1. The zero-order chi connectivity index (χ0) is 21.3. The second-order valence-corrected chi connectivity index (χ2v) is 10.1. The predicted molar refractivity (Wildman–Crippen MR) is 116 cm³/mol. The number of piperidine rings is 1. The van der Waals surface area contributed by atoms with Crippen LogP contribution in [0, 0.1) is 6.92 Å². The van der Waals surface area contributed by atoms with Gasteiger partial charge in [0.15, 0.2) is 0 Å². The summed E-state index contributed by atoms with van der Waals surface area (Å²) in [6.07, 6.45) is 5.77. The number of amides is 1. The van der Waals surface area contributed by atoms with Crippen LogP contribution in [0.1, 0.15) is 54.4 Å². The first kappa shape index (κ1) is 20.9. The number of hydrogen-bond acceptors (Lipinski definition) is 5. The summed E-state index contributed by atoms with van der Waals surface area (Å²) in [7, 11) is -3.35. The van der Waals surface area contributed by atoms with Gasteiger partial charge in [-0.2, -0.15) is 4.31 Å². The third kappa shape index (κ3) is 4.25. The van der Waals surface area contributed by atoms with Crippen LogP contribution in [0.2, 0.25) is 0 Å². The van der Waals surface area contributed by atoms with E-state index < -0.39 is 10.0 Å². The molecule has 0 aliphatic carbocycles. The summed E-state index contributed by atoms with van der Waals surface area (Å²) in [5, 5.41) is 0. The highest BCUT2D eigenvalue weighted by molar-refractivity contribution is 7.88. The fourth-order valence-corrected chi connectivity index (χ4v) is 5.55. The van der Waals surface area contributed by atoms with Crippen LogP contribution in [0.3, 0.4) is 0 Å². The smallest absolute Gasteiger partial charge is 0.232 e. The summed E-state index contributed by atoms with van der Waals surface area (Å²) in [6.45, 7) is 2.97. The number of carbonyl (C=O) groups is 1. The van der Waals surface area contributed by atoms with E-state index in [2.05, 4.69) is 17.1 Å². The van der Waals surface area contributed by atoms with E-state index in [9.17, 15) is 13.2 Å². The van der Waals surface area contributed by atoms with Crippen molar-refractivity contribution in [3.05, 3.63) is 53.0 Å². The van der Waals surface area contributed by atoms with Crippen LogP contribution in [0.25, 0.3) is 0 Å². The molecule has 4 rings (SSSR count). The van der Waals surface area contributed by atoms with Gasteiger partial charge in [0.25, 0.3) is 0 Å². The van der Waals surface area contributed by atoms with Gasteiger partial charge in [0, 0.05) is 24.3 Å². The number of nitrogens with zero attached hydrogens (tertiary/aromatic N) is 4. The second kappa shape index (κ2) is 8.43. The molecule has 0 bridgehead atoms. The van der Waals surface area contributed by atoms with Crippen molar-refractivity contribution in [3.63, 3.8) is 0 Å². The maximum absolute atomic E-state index is 12.7. The van der Waals surface area contributed by atoms with Gasteiger partial charge in [0.1, 0.15) is 11.6 Å². The van der Waals surface area contributed by atoms with Crippen LogP contribution in [0.5, 0.6) is 0 Å². The minimum absolute atomic E-state index is 0.0382. The predicted octanol–water partition coefficient (Wildman–Crippen LogP) is 2.79. The molecule has 8 heteroatoms. The van der Waals surface area contributed by atoms with Gasteiger partial charge in [0.2, 0.25) is 15.9 Å². The molecule has 1 amide bonds. The first-order valence-electron chi connectivity index (χ1n) is 10.5. The molecule has 0 N–H and O–H groups in total. The Morgan fingerprint density at radius 2 is 1.90 bits per heavy atom. The number of sulfonamides is 1. The van der Waals surface area contributed by atoms with Crippen molar-refractivity contribution in [2.24, 2.45) is 0 Å². The Morgan fingerprint density at radius 1 is 1.13 bits per heavy atom. The zero-order valence-corrected chi connectivity index (χ0v) is 18.4. The Labute approximate surface area is 178 Å². The lowest BCUT2D eigenvalue weighted by atomic mass is 10.0. The summed E-state index contributed by atoms with van der Waals surface area (Å²) in [5.74, 6) is 1.21. The van der Waals surface area contributed by atoms with E-state index in [4.69, 9.17) is 4.98 Å². The first-order valence-corrected chi connectivity index (χ1v) is 12.4. The van der Waals surface area contributed by atoms with E-state index in [-0.39, 0.29) is 11.9 Å². The van der Waals surface area contributed by atoms with E-state index in [1.54, 1.807) is 4.90 Å². The number of carbonyl (C=O) groups excluding carboxylic acids is 1. The molecule has 1 aromatic carbocycles. The Bertz CT molecular complexity index is 1040. The van der Waals surface area contributed by atoms with Crippen molar-refractivity contribution in [3.8, 4) is 0 Å². The molecule has 0 saturated carbocycles. The second-order valence-electron chi connectivity index (χ2n) is 8.17. The Hall–Kier alpha value is -2.32. The molecule has 1 atom stereocenters. The molecular weight excluding hydrogens is 400 g/mol. The van der Waals surface area contributed by atoms with Gasteiger partial charge in [-0.15, -0.1) is 0 Å². The molecule has 7 nitrogen and oxygen atoms in total. The standard InChI is InChI=1S/C22H28N4O3S/c1-16-18-15-20(27)25(13-8-11-17-9-4-3-5-10-17)22(18)24-21(23-16)19-12-6-7-14-26(19)30(2,28)29/h3-5,9-10,19H,6-8,11-15H2,1-2H3. The van der Waals surface area contributed by atoms with Crippen LogP contribution >= 0.6 is 0 Å². The van der Waals surface area contributed by atoms with Gasteiger partial charge in [-0.25, -0.2) is 18.4 Å². The highest BCUT2D eigenvalue weighted by Gasteiger charge is 2.36. The lowest BCUT2D eigenvalue weighted by molar-refractivity contribution is -0.117. The van der Waals surface area contributed by atoms with Gasteiger partial charge < -0.3 is 0 Å². The minimum Gasteiger partial charge on any atom is -0.296 e. The maximum Gasteiger partial charge on any atom is 0.232 e. The summed E-state index contributed by atoms with van der Waals surface area (Å²) < 4.78 is 26.1. The van der Waals surface area contributed by atoms with Crippen LogP contribution in [-0.4, -0.2) is 47.9 Å². The summed E-state index contributed by atoms with van der Waals surface area (Å²) >= 11 is 0. The summed E-state index contributed by atoms with van der Waals surface area (Å²) in [5.41, 5.74) is 2.88. The molecule has 1 unspecified atom stereocenters. The molecule has 2 aliphatic heterocycles. The molecule has 1 saturated heterocycles. The Balaban J connectivity index is 1.58. The Kier molecular flexibility index (Phi) is 5.88. The van der Waals surface area contributed by atoms with Crippen LogP contribution in [-0.2, 0) is 27.7 Å². The monoisotopic (exact) mass is 428 g/mol. The number of hydrogen-bond donors (Lipinski definition) is 0. The lowest BCUT2D eigenvalue weighted by Crippen LogP contribution is -2.39. The average Bonchev–Trinajstić information content (AvgIpc) is 3.04. The Morgan fingerprint density at radius 3 is 2.63 bits per heavy atom. The fraction of sp³-hybridized carbons (Fsp3) is 0.500. The van der Waals surface area contributed by atoms with Gasteiger partial charge in [-0.1, -0.05) is 36.8 Å². The normalized spacial score (nSPS) is 19.9. The van der Waals surface area contributed by atoms with Crippen molar-refractivity contribution < 1.29 is 13.2 Å². The molecule has 160 valence electrons. The van der Waals surface area contributed by atoms with Crippen molar-refractivity contribution in [1.29, 1.82) is 0 Å². The average molecular weight is 429 g/mol.